The fourth-order valence-electron chi connectivity index (χ4n) is 2.54. The zero-order chi connectivity index (χ0) is 17.1. The normalized spacial score (nSPS) is 10.8. The van der Waals surface area contributed by atoms with E-state index in [0.29, 0.717) is 29.0 Å². The lowest BCUT2D eigenvalue weighted by Crippen LogP contribution is -2.06. The van der Waals surface area contributed by atoms with Crippen LogP contribution in [0.4, 0.5) is 15.9 Å². The lowest BCUT2D eigenvalue weighted by Gasteiger charge is -2.08. The average molecular weight is 328 g/mol. The van der Waals surface area contributed by atoms with E-state index >= 15 is 0 Å². The molecule has 3 rings (SSSR count). The van der Waals surface area contributed by atoms with Crippen LogP contribution in [0.2, 0.25) is 0 Å². The van der Waals surface area contributed by atoms with Gasteiger partial charge in [0.2, 0.25) is 0 Å². The molecule has 0 aliphatic rings. The van der Waals surface area contributed by atoms with Gasteiger partial charge >= 0.3 is 5.97 Å². The number of methoxy groups -OCH3 is 1. The number of pyridine rings is 1. The quantitative estimate of drug-likeness (QED) is 0.726. The molecule has 0 unspecified atom stereocenters. The number of nitrogens with one attached hydrogen (secondary N) is 1. The van der Waals surface area contributed by atoms with Crippen molar-refractivity contribution in [2.75, 3.05) is 12.4 Å². The summed E-state index contributed by atoms with van der Waals surface area (Å²) in [6.45, 7) is 2.75. The highest BCUT2D eigenvalue weighted by Gasteiger charge is 2.16. The summed E-state index contributed by atoms with van der Waals surface area (Å²) >= 11 is 0. The van der Waals surface area contributed by atoms with Crippen LogP contribution < -0.4 is 5.32 Å². The summed E-state index contributed by atoms with van der Waals surface area (Å²) in [6, 6.07) is 6.08. The van der Waals surface area contributed by atoms with Gasteiger partial charge in [-0.1, -0.05) is 6.92 Å². The molecule has 2 aromatic heterocycles. The molecule has 0 aliphatic carbocycles. The molecule has 1 aromatic carbocycles. The lowest BCUT2D eigenvalue weighted by molar-refractivity contribution is 0.0602. The smallest absolute Gasteiger partial charge is 0.340 e. The third-order valence-corrected chi connectivity index (χ3v) is 3.63. The van der Waals surface area contributed by atoms with E-state index in [1.807, 2.05) is 11.6 Å². The molecule has 0 amide bonds. The zero-order valence-electron chi connectivity index (χ0n) is 13.4. The van der Waals surface area contributed by atoms with Crippen LogP contribution in [0.1, 0.15) is 23.7 Å². The zero-order valence-corrected chi connectivity index (χ0v) is 13.4. The summed E-state index contributed by atoms with van der Waals surface area (Å²) in [4.78, 5) is 15.9. The molecule has 3 aromatic rings. The lowest BCUT2D eigenvalue weighted by atomic mass is 10.2. The van der Waals surface area contributed by atoms with Crippen molar-refractivity contribution in [3.8, 4) is 0 Å². The highest BCUT2D eigenvalue weighted by molar-refractivity contribution is 5.98. The SMILES string of the molecule is CCCn1nc(Nc2cnccc2C(=O)OC)c2cc(F)ccc21. The van der Waals surface area contributed by atoms with Gasteiger partial charge in [0.1, 0.15) is 5.82 Å². The number of benzene rings is 1. The van der Waals surface area contributed by atoms with Crippen molar-refractivity contribution in [2.24, 2.45) is 0 Å². The first-order valence-electron chi connectivity index (χ1n) is 7.59. The first kappa shape index (κ1) is 15.9. The Morgan fingerprint density at radius 2 is 2.21 bits per heavy atom. The van der Waals surface area contributed by atoms with E-state index in [-0.39, 0.29) is 5.82 Å². The number of ether oxygens (including phenoxy) is 1. The monoisotopic (exact) mass is 328 g/mol. The van der Waals surface area contributed by atoms with Crippen molar-refractivity contribution in [1.82, 2.24) is 14.8 Å². The van der Waals surface area contributed by atoms with Gasteiger partial charge in [0, 0.05) is 18.1 Å². The van der Waals surface area contributed by atoms with E-state index in [9.17, 15) is 9.18 Å². The van der Waals surface area contributed by atoms with Crippen LogP contribution >= 0.6 is 0 Å². The first-order valence-corrected chi connectivity index (χ1v) is 7.59. The molecule has 24 heavy (non-hydrogen) atoms. The highest BCUT2D eigenvalue weighted by atomic mass is 19.1. The Morgan fingerprint density at radius 1 is 1.38 bits per heavy atom. The molecule has 0 radical (unpaired) electrons. The number of anilines is 2. The Kier molecular flexibility index (Phi) is 4.41. The number of hydrogen-bond acceptors (Lipinski definition) is 5. The summed E-state index contributed by atoms with van der Waals surface area (Å²) in [7, 11) is 1.31. The number of nitrogens with zero attached hydrogens (tertiary/aromatic N) is 3. The van der Waals surface area contributed by atoms with Gasteiger partial charge in [-0.2, -0.15) is 5.10 Å². The molecule has 1 N–H and O–H groups in total. The highest BCUT2D eigenvalue weighted by Crippen LogP contribution is 2.28. The minimum absolute atomic E-state index is 0.335. The van der Waals surface area contributed by atoms with Gasteiger partial charge in [-0.25, -0.2) is 9.18 Å². The van der Waals surface area contributed by atoms with Crippen LogP contribution in [0.25, 0.3) is 10.9 Å². The number of rotatable bonds is 5. The van der Waals surface area contributed by atoms with Crippen molar-refractivity contribution in [2.45, 2.75) is 19.9 Å². The van der Waals surface area contributed by atoms with Crippen molar-refractivity contribution in [3.63, 3.8) is 0 Å². The molecule has 7 heteroatoms. The molecule has 0 aliphatic heterocycles. The summed E-state index contributed by atoms with van der Waals surface area (Å²) in [5, 5.41) is 8.22. The van der Waals surface area contributed by atoms with Crippen molar-refractivity contribution in [3.05, 3.63) is 48.0 Å². The number of aryl methyl sites for hydroxylation is 1. The van der Waals surface area contributed by atoms with Crippen LogP contribution in [0.3, 0.4) is 0 Å². The van der Waals surface area contributed by atoms with Crippen molar-refractivity contribution < 1.29 is 13.9 Å². The average Bonchev–Trinajstić information content (AvgIpc) is 2.92. The summed E-state index contributed by atoms with van der Waals surface area (Å²) in [5.74, 6) is -0.361. The van der Waals surface area contributed by atoms with Gasteiger partial charge in [0.25, 0.3) is 0 Å². The summed E-state index contributed by atoms with van der Waals surface area (Å²) in [6.07, 6.45) is 3.91. The molecular formula is C17H17FN4O2. The molecule has 0 saturated carbocycles. The van der Waals surface area contributed by atoms with Crippen LogP contribution in [0.15, 0.2) is 36.7 Å². The predicted octanol–water partition coefficient (Wildman–Crippen LogP) is 3.51. The van der Waals surface area contributed by atoms with Crippen molar-refractivity contribution in [1.29, 1.82) is 0 Å². The van der Waals surface area contributed by atoms with E-state index in [4.69, 9.17) is 4.74 Å². The maximum absolute atomic E-state index is 13.7. The topological polar surface area (TPSA) is 69.0 Å². The van der Waals surface area contributed by atoms with E-state index in [2.05, 4.69) is 15.4 Å². The fourth-order valence-corrected chi connectivity index (χ4v) is 2.54. The molecule has 0 saturated heterocycles. The number of halogens is 1. The molecule has 0 bridgehead atoms. The third kappa shape index (κ3) is 2.92. The molecule has 2 heterocycles. The van der Waals surface area contributed by atoms with Gasteiger partial charge < -0.3 is 10.1 Å². The second-order valence-electron chi connectivity index (χ2n) is 5.27. The number of hydrogen-bond donors (Lipinski definition) is 1. The Labute approximate surface area is 138 Å². The second kappa shape index (κ2) is 6.66. The minimum atomic E-state index is -0.483. The molecule has 0 spiro atoms. The standard InChI is InChI=1S/C17H17FN4O2/c1-3-8-22-15-5-4-11(18)9-13(15)16(21-22)20-14-10-19-7-6-12(14)17(23)24-2/h4-7,9-10H,3,8H2,1-2H3,(H,20,21). The van der Waals surface area contributed by atoms with Gasteiger partial charge in [-0.05, 0) is 30.7 Å². The minimum Gasteiger partial charge on any atom is -0.465 e. The molecule has 6 nitrogen and oxygen atoms in total. The molecule has 0 fully saturated rings. The van der Waals surface area contributed by atoms with Crippen LogP contribution in [0.5, 0.6) is 0 Å². The number of esters is 1. The summed E-state index contributed by atoms with van der Waals surface area (Å²) < 4.78 is 20.2. The summed E-state index contributed by atoms with van der Waals surface area (Å²) in [5.41, 5.74) is 1.61. The Morgan fingerprint density at radius 3 is 2.96 bits per heavy atom. The molecule has 0 atom stereocenters. The van der Waals surface area contributed by atoms with Crippen LogP contribution in [-0.2, 0) is 11.3 Å². The van der Waals surface area contributed by atoms with Gasteiger partial charge in [0.15, 0.2) is 5.82 Å². The van der Waals surface area contributed by atoms with E-state index in [1.165, 1.54) is 31.6 Å². The number of fused-ring (bicyclic) bond motifs is 1. The van der Waals surface area contributed by atoms with E-state index < -0.39 is 5.97 Å². The van der Waals surface area contributed by atoms with Crippen LogP contribution in [-0.4, -0.2) is 27.8 Å². The predicted molar refractivity (Wildman–Crippen MR) is 88.8 cm³/mol. The van der Waals surface area contributed by atoms with E-state index in [0.717, 1.165) is 11.9 Å². The Bertz CT molecular complexity index is 891. The van der Waals surface area contributed by atoms with Crippen LogP contribution in [0, 0.1) is 5.82 Å². The number of carbonyl (C=O) groups excluding carboxylic acids is 1. The Balaban J connectivity index is 2.08. The maximum atomic E-state index is 13.7. The fraction of sp³-hybridized carbons (Fsp3) is 0.235. The molecular weight excluding hydrogens is 311 g/mol. The first-order chi connectivity index (χ1) is 11.6. The molecule has 124 valence electrons. The van der Waals surface area contributed by atoms with Gasteiger partial charge in [-0.15, -0.1) is 0 Å². The Hall–Kier alpha value is -2.96. The number of carbonyl (C=O) groups is 1. The maximum Gasteiger partial charge on any atom is 0.340 e. The van der Waals surface area contributed by atoms with E-state index in [1.54, 1.807) is 12.1 Å². The number of aromatic nitrogens is 3. The second-order valence-corrected chi connectivity index (χ2v) is 5.27. The van der Waals surface area contributed by atoms with Crippen molar-refractivity contribution >= 4 is 28.4 Å². The van der Waals surface area contributed by atoms with Gasteiger partial charge in [0.05, 0.1) is 30.1 Å². The largest absolute Gasteiger partial charge is 0.465 e. The van der Waals surface area contributed by atoms with Gasteiger partial charge in [-0.3, -0.25) is 9.67 Å². The third-order valence-electron chi connectivity index (χ3n) is 3.63.